The molecular formula is C22H36N4O2. The van der Waals surface area contributed by atoms with E-state index in [1.54, 1.807) is 0 Å². The molecule has 0 spiro atoms. The van der Waals surface area contributed by atoms with Crippen LogP contribution in [0.2, 0.25) is 0 Å². The highest BCUT2D eigenvalue weighted by molar-refractivity contribution is 5.81. The number of likely N-dealkylation sites (tertiary alicyclic amines) is 1. The van der Waals surface area contributed by atoms with E-state index in [1.165, 1.54) is 5.56 Å². The third-order valence-electron chi connectivity index (χ3n) is 5.01. The minimum Gasteiger partial charge on any atom is -0.376 e. The number of benzene rings is 1. The van der Waals surface area contributed by atoms with Gasteiger partial charge >= 0.3 is 0 Å². The Bertz CT molecular complexity index is 606. The van der Waals surface area contributed by atoms with Gasteiger partial charge in [-0.05, 0) is 32.3 Å². The average molecular weight is 389 g/mol. The van der Waals surface area contributed by atoms with Gasteiger partial charge in [0, 0.05) is 38.0 Å². The summed E-state index contributed by atoms with van der Waals surface area (Å²) >= 11 is 0. The summed E-state index contributed by atoms with van der Waals surface area (Å²) in [6, 6.07) is 10.5. The van der Waals surface area contributed by atoms with Crippen molar-refractivity contribution in [3.05, 3.63) is 35.9 Å². The molecule has 1 fully saturated rings. The summed E-state index contributed by atoms with van der Waals surface area (Å²) in [6.07, 6.45) is 2.48. The van der Waals surface area contributed by atoms with Gasteiger partial charge < -0.3 is 20.3 Å². The lowest BCUT2D eigenvalue weighted by molar-refractivity contribution is -0.121. The van der Waals surface area contributed by atoms with Gasteiger partial charge in [-0.2, -0.15) is 0 Å². The molecule has 1 aliphatic rings. The number of carbonyl (C=O) groups is 1. The van der Waals surface area contributed by atoms with Crippen molar-refractivity contribution in [2.24, 2.45) is 10.9 Å². The molecule has 1 heterocycles. The number of nitrogens with one attached hydrogen (secondary N) is 2. The Kier molecular flexibility index (Phi) is 9.83. The molecule has 1 saturated heterocycles. The van der Waals surface area contributed by atoms with Crippen LogP contribution in [0.5, 0.6) is 0 Å². The molecule has 6 heteroatoms. The fourth-order valence-electron chi connectivity index (χ4n) is 3.22. The third kappa shape index (κ3) is 7.89. The minimum atomic E-state index is 0.0718. The zero-order chi connectivity index (χ0) is 20.2. The second-order valence-electron chi connectivity index (χ2n) is 7.46. The number of amides is 1. The predicted octanol–water partition coefficient (Wildman–Crippen LogP) is 2.80. The number of hydrogen-bond donors (Lipinski definition) is 2. The minimum absolute atomic E-state index is 0.0718. The van der Waals surface area contributed by atoms with E-state index < -0.39 is 0 Å². The van der Waals surface area contributed by atoms with Gasteiger partial charge in [-0.15, -0.1) is 0 Å². The maximum atomic E-state index is 11.9. The fourth-order valence-corrected chi connectivity index (χ4v) is 3.22. The van der Waals surface area contributed by atoms with Crippen molar-refractivity contribution in [2.75, 3.05) is 32.8 Å². The summed E-state index contributed by atoms with van der Waals surface area (Å²) in [5.74, 6) is 1.49. The summed E-state index contributed by atoms with van der Waals surface area (Å²) in [4.78, 5) is 18.9. The lowest BCUT2D eigenvalue weighted by Crippen LogP contribution is -2.40. The molecule has 1 aliphatic heterocycles. The van der Waals surface area contributed by atoms with Crippen LogP contribution in [0.3, 0.4) is 0 Å². The predicted molar refractivity (Wildman–Crippen MR) is 114 cm³/mol. The van der Waals surface area contributed by atoms with Gasteiger partial charge in [0.2, 0.25) is 5.91 Å². The van der Waals surface area contributed by atoms with Crippen molar-refractivity contribution in [3.8, 4) is 0 Å². The molecule has 156 valence electrons. The van der Waals surface area contributed by atoms with Crippen molar-refractivity contribution in [1.82, 2.24) is 15.5 Å². The van der Waals surface area contributed by atoms with Gasteiger partial charge in [-0.25, -0.2) is 0 Å². The van der Waals surface area contributed by atoms with E-state index in [2.05, 4.69) is 46.5 Å². The maximum absolute atomic E-state index is 11.9. The first-order valence-corrected chi connectivity index (χ1v) is 10.6. The third-order valence-corrected chi connectivity index (χ3v) is 5.01. The van der Waals surface area contributed by atoms with E-state index in [0.717, 1.165) is 45.0 Å². The largest absolute Gasteiger partial charge is 0.376 e. The first-order chi connectivity index (χ1) is 13.6. The van der Waals surface area contributed by atoms with Crippen LogP contribution < -0.4 is 10.6 Å². The number of guanidine groups is 1. The number of ether oxygens (including phenoxy) is 1. The van der Waals surface area contributed by atoms with Gasteiger partial charge in [0.25, 0.3) is 0 Å². The molecule has 0 aliphatic carbocycles. The van der Waals surface area contributed by atoms with Crippen molar-refractivity contribution in [1.29, 1.82) is 0 Å². The highest BCUT2D eigenvalue weighted by Crippen LogP contribution is 2.17. The molecule has 2 unspecified atom stereocenters. The van der Waals surface area contributed by atoms with Crippen molar-refractivity contribution in [3.63, 3.8) is 0 Å². The molecule has 2 rings (SSSR count). The second kappa shape index (κ2) is 12.4. The summed E-state index contributed by atoms with van der Waals surface area (Å²) in [6.45, 7) is 10.8. The van der Waals surface area contributed by atoms with Crippen LogP contribution in [0.15, 0.2) is 35.3 Å². The maximum Gasteiger partial charge on any atom is 0.222 e. The second-order valence-corrected chi connectivity index (χ2v) is 7.46. The molecule has 28 heavy (non-hydrogen) atoms. The standard InChI is InChI=1S/C22H36N4O2/c1-4-18(3)25-21(27)11-13-24-22(23-5-2)26-14-12-20(15-26)17-28-16-19-9-7-6-8-10-19/h6-10,18,20H,4-5,11-17H2,1-3H3,(H,23,24)(H,25,27). The Labute approximate surface area is 169 Å². The number of hydrogen-bond acceptors (Lipinski definition) is 3. The monoisotopic (exact) mass is 388 g/mol. The Morgan fingerprint density at radius 3 is 2.82 bits per heavy atom. The van der Waals surface area contributed by atoms with Crippen LogP contribution in [0, 0.1) is 5.92 Å². The van der Waals surface area contributed by atoms with Crippen LogP contribution in [-0.4, -0.2) is 55.6 Å². The van der Waals surface area contributed by atoms with Crippen molar-refractivity contribution in [2.45, 2.75) is 52.7 Å². The smallest absolute Gasteiger partial charge is 0.222 e. The van der Waals surface area contributed by atoms with Crippen molar-refractivity contribution < 1.29 is 9.53 Å². The van der Waals surface area contributed by atoms with E-state index in [9.17, 15) is 4.79 Å². The summed E-state index contributed by atoms with van der Waals surface area (Å²) in [5.41, 5.74) is 1.21. The molecule has 0 bridgehead atoms. The molecule has 2 N–H and O–H groups in total. The van der Waals surface area contributed by atoms with E-state index in [1.807, 2.05) is 25.1 Å². The van der Waals surface area contributed by atoms with Crippen LogP contribution in [0.4, 0.5) is 0 Å². The zero-order valence-corrected chi connectivity index (χ0v) is 17.6. The molecule has 2 atom stereocenters. The zero-order valence-electron chi connectivity index (χ0n) is 17.6. The van der Waals surface area contributed by atoms with Gasteiger partial charge in [0.15, 0.2) is 5.96 Å². The van der Waals surface area contributed by atoms with Gasteiger partial charge in [-0.1, -0.05) is 37.3 Å². The summed E-state index contributed by atoms with van der Waals surface area (Å²) in [5, 5.41) is 6.35. The van der Waals surface area contributed by atoms with E-state index >= 15 is 0 Å². The first-order valence-electron chi connectivity index (χ1n) is 10.6. The summed E-state index contributed by atoms with van der Waals surface area (Å²) in [7, 11) is 0. The van der Waals surface area contributed by atoms with Crippen LogP contribution in [0.25, 0.3) is 0 Å². The van der Waals surface area contributed by atoms with Crippen LogP contribution in [-0.2, 0) is 16.1 Å². The Morgan fingerprint density at radius 1 is 1.32 bits per heavy atom. The quantitative estimate of drug-likeness (QED) is 0.478. The Hall–Kier alpha value is -2.08. The molecule has 1 aromatic rings. The van der Waals surface area contributed by atoms with E-state index in [4.69, 9.17) is 4.74 Å². The van der Waals surface area contributed by atoms with Gasteiger partial charge in [0.1, 0.15) is 0 Å². The Balaban J connectivity index is 1.74. The van der Waals surface area contributed by atoms with Gasteiger partial charge in [0.05, 0.1) is 19.8 Å². The van der Waals surface area contributed by atoms with Crippen LogP contribution in [0.1, 0.15) is 45.6 Å². The molecule has 0 saturated carbocycles. The highest BCUT2D eigenvalue weighted by atomic mass is 16.5. The Morgan fingerprint density at radius 2 is 2.11 bits per heavy atom. The summed E-state index contributed by atoms with van der Waals surface area (Å²) < 4.78 is 5.91. The molecule has 1 aromatic carbocycles. The normalized spacial score (nSPS) is 18.2. The molecule has 6 nitrogen and oxygen atoms in total. The first kappa shape index (κ1) is 22.2. The molecule has 0 aromatic heterocycles. The van der Waals surface area contributed by atoms with Crippen molar-refractivity contribution >= 4 is 11.9 Å². The number of rotatable bonds is 10. The highest BCUT2D eigenvalue weighted by Gasteiger charge is 2.25. The fraction of sp³-hybridized carbons (Fsp3) is 0.636. The van der Waals surface area contributed by atoms with E-state index in [-0.39, 0.29) is 11.9 Å². The lowest BCUT2D eigenvalue weighted by atomic mass is 10.1. The topological polar surface area (TPSA) is 66.0 Å². The lowest BCUT2D eigenvalue weighted by Gasteiger charge is -2.21. The van der Waals surface area contributed by atoms with Crippen LogP contribution >= 0.6 is 0 Å². The molecule has 1 amide bonds. The average Bonchev–Trinajstić information content (AvgIpc) is 3.17. The number of carbonyl (C=O) groups excluding carboxylic acids is 1. The van der Waals surface area contributed by atoms with E-state index in [0.29, 0.717) is 25.5 Å². The molecule has 0 radical (unpaired) electrons. The van der Waals surface area contributed by atoms with Gasteiger partial charge in [-0.3, -0.25) is 9.79 Å². The number of nitrogens with zero attached hydrogens (tertiary/aromatic N) is 2. The SMILES string of the molecule is CCNC(=NCCC(=O)NC(C)CC)N1CCC(COCc2ccccc2)C1. The molecular weight excluding hydrogens is 352 g/mol. The number of aliphatic imine (C=N–C) groups is 1.